The highest BCUT2D eigenvalue weighted by atomic mass is 28.3. The Morgan fingerprint density at radius 3 is 2.09 bits per heavy atom. The number of ether oxygens (including phenoxy) is 1. The number of phenolic OH excluding ortho intramolecular Hbond substituents is 2. The first kappa shape index (κ1) is 22.1. The number of benzene rings is 1. The number of carbonyl (C=O) groups is 3. The summed E-state index contributed by atoms with van der Waals surface area (Å²) >= 11 is 0. The maximum Gasteiger partial charge on any atom is 0.304 e. The minimum absolute atomic E-state index is 0.0443. The van der Waals surface area contributed by atoms with Gasteiger partial charge < -0.3 is 14.9 Å². The van der Waals surface area contributed by atoms with Crippen molar-refractivity contribution in [2.45, 2.75) is 50.5 Å². The topological polar surface area (TPSA) is 101 Å². The second-order valence-electron chi connectivity index (χ2n) is 9.92. The Labute approximate surface area is 188 Å². The number of Topliss-reactive ketones (excluding diaryl/α,β-unsaturated/α-hetero) is 2. The molecule has 0 amide bonds. The molecule has 0 aliphatic heterocycles. The number of carbonyl (C=O) groups excluding carboxylic acids is 3. The van der Waals surface area contributed by atoms with Gasteiger partial charge in [0.1, 0.15) is 11.5 Å². The first-order chi connectivity index (χ1) is 14.9. The molecule has 6 nitrogen and oxygen atoms in total. The third kappa shape index (κ3) is 3.13. The highest BCUT2D eigenvalue weighted by Gasteiger charge is 2.51. The van der Waals surface area contributed by atoms with E-state index in [1.807, 2.05) is 0 Å². The van der Waals surface area contributed by atoms with E-state index in [0.29, 0.717) is 5.56 Å². The Hall–Kier alpha value is -3.11. The maximum absolute atomic E-state index is 13.3. The maximum atomic E-state index is 13.3. The third-order valence-electron chi connectivity index (χ3n) is 6.82. The molecule has 3 aliphatic carbocycles. The van der Waals surface area contributed by atoms with Crippen LogP contribution in [0.4, 0.5) is 0 Å². The lowest BCUT2D eigenvalue weighted by molar-refractivity contribution is -0.152. The van der Waals surface area contributed by atoms with Crippen LogP contribution < -0.4 is 0 Å². The van der Waals surface area contributed by atoms with E-state index in [1.165, 1.54) is 6.92 Å². The van der Waals surface area contributed by atoms with Gasteiger partial charge in [-0.2, -0.15) is 0 Å². The Balaban J connectivity index is 2.03. The van der Waals surface area contributed by atoms with Gasteiger partial charge in [-0.05, 0) is 5.54 Å². The van der Waals surface area contributed by atoms with Gasteiger partial charge in [-0.15, -0.1) is 6.42 Å². The molecule has 0 fully saturated rings. The summed E-state index contributed by atoms with van der Waals surface area (Å²) in [5, 5.41) is 22.7. The van der Waals surface area contributed by atoms with Crippen molar-refractivity contribution < 1.29 is 29.3 Å². The molecule has 2 N–H and O–H groups in total. The van der Waals surface area contributed by atoms with Crippen molar-refractivity contribution in [3.05, 3.63) is 46.6 Å². The monoisotopic (exact) mass is 450 g/mol. The van der Waals surface area contributed by atoms with Crippen LogP contribution in [0.15, 0.2) is 24.3 Å². The average Bonchev–Trinajstić information content (AvgIpc) is 2.73. The van der Waals surface area contributed by atoms with Gasteiger partial charge in [0.05, 0.1) is 31.0 Å². The summed E-state index contributed by atoms with van der Waals surface area (Å²) in [6, 6.07) is 0. The molecule has 0 spiro atoms. The first-order valence-corrected chi connectivity index (χ1v) is 14.2. The second kappa shape index (κ2) is 7.21. The molecule has 0 radical (unpaired) electrons. The number of ketones is 2. The molecule has 1 aromatic rings. The minimum Gasteiger partial charge on any atom is -0.507 e. The van der Waals surface area contributed by atoms with Crippen LogP contribution in [0.2, 0.25) is 19.6 Å². The fourth-order valence-corrected chi connectivity index (χ4v) is 7.41. The number of phenols is 2. The fraction of sp³-hybridized carbons (Fsp3) is 0.400. The van der Waals surface area contributed by atoms with Crippen molar-refractivity contribution >= 4 is 25.6 Å². The smallest absolute Gasteiger partial charge is 0.304 e. The number of allylic oxidation sites excluding steroid dienone is 4. The van der Waals surface area contributed by atoms with Crippen LogP contribution in [0.3, 0.4) is 0 Å². The van der Waals surface area contributed by atoms with Crippen molar-refractivity contribution in [1.82, 2.24) is 0 Å². The molecule has 166 valence electrons. The van der Waals surface area contributed by atoms with Gasteiger partial charge >= 0.3 is 5.97 Å². The minimum atomic E-state index is -2.12. The highest BCUT2D eigenvalue weighted by molar-refractivity contribution is 6.77. The number of fused-ring (bicyclic) bond motifs is 3. The molecule has 0 bridgehead atoms. The predicted molar refractivity (Wildman–Crippen MR) is 121 cm³/mol. The zero-order chi connectivity index (χ0) is 23.6. The van der Waals surface area contributed by atoms with Gasteiger partial charge in [-0.25, -0.2) is 0 Å². The number of aromatic hydroxyl groups is 2. The summed E-state index contributed by atoms with van der Waals surface area (Å²) in [5.74, 6) is -0.792. The Bertz CT molecular complexity index is 1160. The average molecular weight is 451 g/mol. The summed E-state index contributed by atoms with van der Waals surface area (Å²) in [5.41, 5.74) is -1.16. The van der Waals surface area contributed by atoms with E-state index in [2.05, 4.69) is 25.6 Å². The van der Waals surface area contributed by atoms with E-state index in [4.69, 9.17) is 11.2 Å². The lowest BCUT2D eigenvalue weighted by atomic mass is 9.68. The van der Waals surface area contributed by atoms with E-state index >= 15 is 0 Å². The lowest BCUT2D eigenvalue weighted by Gasteiger charge is -2.44. The standard InChI is InChI=1S/C25H26O6Si/c1-6-25(31-13(2)26)11-16-18(17(12-25)32(3,4)5)24(30)20-19(23(16)29)21(27)14-9-7-8-10-15(14)22(20)28/h1,7-10,14-15,17,29-30H,11-12H2,2-5H3. The summed E-state index contributed by atoms with van der Waals surface area (Å²) < 4.78 is 5.57. The van der Waals surface area contributed by atoms with Crippen LogP contribution in [0.1, 0.15) is 50.7 Å². The van der Waals surface area contributed by atoms with Crippen LogP contribution in [0.5, 0.6) is 11.5 Å². The number of hydrogen-bond acceptors (Lipinski definition) is 6. The normalized spacial score (nSPS) is 28.4. The molecular formula is C25H26O6Si. The Kier molecular flexibility index (Phi) is 4.98. The van der Waals surface area contributed by atoms with Crippen LogP contribution in [0, 0.1) is 24.2 Å². The fourth-order valence-electron chi connectivity index (χ4n) is 5.29. The van der Waals surface area contributed by atoms with Crippen molar-refractivity contribution in [1.29, 1.82) is 0 Å². The second-order valence-corrected chi connectivity index (χ2v) is 15.4. The summed E-state index contributed by atoms with van der Waals surface area (Å²) in [6.45, 7) is 7.51. The van der Waals surface area contributed by atoms with Crippen molar-refractivity contribution in [2.75, 3.05) is 0 Å². The van der Waals surface area contributed by atoms with Crippen LogP contribution in [-0.4, -0.2) is 41.4 Å². The van der Waals surface area contributed by atoms with Crippen molar-refractivity contribution in [2.24, 2.45) is 11.8 Å². The van der Waals surface area contributed by atoms with Crippen LogP contribution in [-0.2, 0) is 16.0 Å². The van der Waals surface area contributed by atoms with Gasteiger partial charge in [0, 0.05) is 30.9 Å². The molecular weight excluding hydrogens is 424 g/mol. The van der Waals surface area contributed by atoms with Crippen LogP contribution >= 0.6 is 0 Å². The van der Waals surface area contributed by atoms with E-state index in [9.17, 15) is 24.6 Å². The number of esters is 1. The van der Waals surface area contributed by atoms with E-state index in [-0.39, 0.29) is 52.4 Å². The summed E-state index contributed by atoms with van der Waals surface area (Å²) in [7, 11) is -2.12. The van der Waals surface area contributed by atoms with Gasteiger partial charge in [0.2, 0.25) is 0 Å². The molecule has 4 unspecified atom stereocenters. The Morgan fingerprint density at radius 1 is 1.09 bits per heavy atom. The van der Waals surface area contributed by atoms with E-state index < -0.39 is 37.3 Å². The molecule has 0 saturated carbocycles. The van der Waals surface area contributed by atoms with E-state index in [1.54, 1.807) is 24.3 Å². The van der Waals surface area contributed by atoms with Crippen LogP contribution in [0.25, 0.3) is 0 Å². The first-order valence-electron chi connectivity index (χ1n) is 10.6. The predicted octanol–water partition coefficient (Wildman–Crippen LogP) is 3.68. The molecule has 0 saturated heterocycles. The van der Waals surface area contributed by atoms with Crippen molar-refractivity contribution in [3.8, 4) is 23.8 Å². The van der Waals surface area contributed by atoms with Gasteiger partial charge in [0.25, 0.3) is 0 Å². The van der Waals surface area contributed by atoms with E-state index in [0.717, 1.165) is 0 Å². The largest absolute Gasteiger partial charge is 0.507 e. The van der Waals surface area contributed by atoms with Gasteiger partial charge in [0.15, 0.2) is 17.2 Å². The highest BCUT2D eigenvalue weighted by Crippen LogP contribution is 2.54. The van der Waals surface area contributed by atoms with Gasteiger partial charge in [-0.3, -0.25) is 14.4 Å². The quantitative estimate of drug-likeness (QED) is 0.309. The summed E-state index contributed by atoms with van der Waals surface area (Å²) in [4.78, 5) is 38.5. The molecule has 0 aromatic heterocycles. The molecule has 4 atom stereocenters. The summed E-state index contributed by atoms with van der Waals surface area (Å²) in [6.07, 6.45) is 12.7. The number of terminal acetylenes is 1. The number of hydrogen-bond donors (Lipinski definition) is 2. The van der Waals surface area contributed by atoms with Crippen molar-refractivity contribution in [3.63, 3.8) is 0 Å². The molecule has 3 aliphatic rings. The molecule has 32 heavy (non-hydrogen) atoms. The molecule has 1 aromatic carbocycles. The van der Waals surface area contributed by atoms with Gasteiger partial charge in [-0.1, -0.05) is 49.9 Å². The zero-order valence-electron chi connectivity index (χ0n) is 18.6. The zero-order valence-corrected chi connectivity index (χ0v) is 19.6. The third-order valence-corrected chi connectivity index (χ3v) is 9.40. The number of rotatable bonds is 2. The Morgan fingerprint density at radius 2 is 1.62 bits per heavy atom. The molecule has 4 rings (SSSR count). The molecule has 7 heteroatoms. The SMILES string of the molecule is C#CC1(OC(C)=O)Cc2c(O)c3c(c(O)c2C([Si](C)(C)C)C1)C(=O)C1C=CC=CC1C3=O. The molecule has 0 heterocycles. The lowest BCUT2D eigenvalue weighted by Crippen LogP contribution is -2.47.